The third kappa shape index (κ3) is 5.13. The van der Waals surface area contributed by atoms with Gasteiger partial charge in [-0.1, -0.05) is 42.4 Å². The molecule has 0 aliphatic carbocycles. The van der Waals surface area contributed by atoms with E-state index >= 15 is 0 Å². The molecule has 3 aliphatic rings. The highest BCUT2D eigenvalue weighted by atomic mass is 79.9. The number of aliphatic hydroxyl groups is 1. The molecule has 3 saturated heterocycles. The van der Waals surface area contributed by atoms with Crippen molar-refractivity contribution in [3.8, 4) is 0 Å². The van der Waals surface area contributed by atoms with E-state index in [-0.39, 0.29) is 41.5 Å². The first-order valence-corrected chi connectivity index (χ1v) is 13.0. The fourth-order valence-corrected chi connectivity index (χ4v) is 6.08. The van der Waals surface area contributed by atoms with Gasteiger partial charge >= 0.3 is 5.97 Å². The monoisotopic (exact) mass is 575 g/mol. The Hall–Kier alpha value is -2.53. The Morgan fingerprint density at radius 2 is 1.97 bits per heavy atom. The molecule has 2 aromatic heterocycles. The molecule has 2 bridgehead atoms. The van der Waals surface area contributed by atoms with Crippen LogP contribution in [-0.4, -0.2) is 58.9 Å². The van der Waals surface area contributed by atoms with Crippen molar-refractivity contribution < 1.29 is 45.4 Å². The van der Waals surface area contributed by atoms with E-state index in [1.807, 2.05) is 18.4 Å². The van der Waals surface area contributed by atoms with Gasteiger partial charge in [0.1, 0.15) is 12.3 Å². The second-order valence-electron chi connectivity index (χ2n) is 9.58. The second-order valence-corrected chi connectivity index (χ2v) is 10.4. The maximum Gasteiger partial charge on any atom is 0.348 e. The first kappa shape index (κ1) is 26.5. The van der Waals surface area contributed by atoms with Crippen LogP contribution in [0.25, 0.3) is 0 Å². The molecule has 3 fully saturated rings. The molecular weight excluding hydrogens is 546 g/mol. The molecule has 192 valence electrons. The molecular formula is C26H30BrN3O5S. The summed E-state index contributed by atoms with van der Waals surface area (Å²) in [7, 11) is 0. The number of benzene rings is 1. The molecule has 0 spiro atoms. The summed E-state index contributed by atoms with van der Waals surface area (Å²) in [5.41, 5.74) is -0.895. The van der Waals surface area contributed by atoms with Crippen molar-refractivity contribution in [2.45, 2.75) is 37.9 Å². The zero-order valence-electron chi connectivity index (χ0n) is 20.1. The maximum absolute atomic E-state index is 13.5. The summed E-state index contributed by atoms with van der Waals surface area (Å²) in [5.74, 6) is 0.564. The quantitative estimate of drug-likeness (QED) is 0.296. The molecule has 36 heavy (non-hydrogen) atoms. The molecule has 8 nitrogen and oxygen atoms in total. The van der Waals surface area contributed by atoms with Gasteiger partial charge in [0.2, 0.25) is 5.60 Å². The molecule has 6 rings (SSSR count). The number of halogens is 1. The Labute approximate surface area is 224 Å². The van der Waals surface area contributed by atoms with Gasteiger partial charge in [0.25, 0.3) is 5.91 Å². The van der Waals surface area contributed by atoms with Gasteiger partial charge in [0.05, 0.1) is 13.1 Å². The average molecular weight is 577 g/mol. The second kappa shape index (κ2) is 10.8. The van der Waals surface area contributed by atoms with Gasteiger partial charge in [0, 0.05) is 36.8 Å². The van der Waals surface area contributed by atoms with Crippen molar-refractivity contribution in [1.82, 2.24) is 5.16 Å². The van der Waals surface area contributed by atoms with E-state index in [4.69, 9.17) is 9.26 Å². The van der Waals surface area contributed by atoms with Crippen LogP contribution >= 0.6 is 11.3 Å². The Balaban J connectivity index is 0.00000304. The number of aryl methyl sites for hydroxylation is 1. The lowest BCUT2D eigenvalue weighted by Gasteiger charge is -2.51. The minimum absolute atomic E-state index is 0. The lowest BCUT2D eigenvalue weighted by molar-refractivity contribution is -0.939. The number of thiophene rings is 1. The Morgan fingerprint density at radius 1 is 1.22 bits per heavy atom. The number of nitrogens with one attached hydrogen (secondary N) is 1. The van der Waals surface area contributed by atoms with Crippen LogP contribution in [0.2, 0.25) is 0 Å². The van der Waals surface area contributed by atoms with Crippen molar-refractivity contribution in [3.05, 3.63) is 70.1 Å². The molecule has 3 aliphatic heterocycles. The molecule has 2 N–H and O–H groups in total. The van der Waals surface area contributed by atoms with Crippen LogP contribution in [0, 0.1) is 5.92 Å². The number of hydrogen-bond acceptors (Lipinski definition) is 7. The van der Waals surface area contributed by atoms with Crippen LogP contribution < -0.4 is 22.3 Å². The van der Waals surface area contributed by atoms with E-state index in [2.05, 4.69) is 10.5 Å². The molecule has 1 unspecified atom stereocenters. The fourth-order valence-electron chi connectivity index (χ4n) is 5.38. The van der Waals surface area contributed by atoms with Crippen LogP contribution in [0.4, 0.5) is 5.82 Å². The summed E-state index contributed by atoms with van der Waals surface area (Å²) in [6.45, 7) is 4.51. The number of nitrogens with zero attached hydrogens (tertiary/aromatic N) is 2. The number of ether oxygens (including phenoxy) is 1. The van der Waals surface area contributed by atoms with E-state index in [0.717, 1.165) is 31.7 Å². The Bertz CT molecular complexity index is 1180. The van der Waals surface area contributed by atoms with Crippen LogP contribution in [0.5, 0.6) is 0 Å². The molecule has 1 amide bonds. The third-order valence-corrected chi connectivity index (χ3v) is 8.06. The highest BCUT2D eigenvalue weighted by Gasteiger charge is 2.51. The van der Waals surface area contributed by atoms with Crippen LogP contribution in [0.3, 0.4) is 0 Å². The Kier molecular flexibility index (Phi) is 7.99. The molecule has 2 atom stereocenters. The number of esters is 1. The van der Waals surface area contributed by atoms with Crippen molar-refractivity contribution in [2.75, 3.05) is 31.5 Å². The SMILES string of the molecule is CCc1cc(NC(=O)C[N+]23CCC(CC2)[C@@H](OC(=O)C(O)(c2ccccc2)c2ccsc2)C3)no1.[Br-]. The van der Waals surface area contributed by atoms with Crippen molar-refractivity contribution in [1.29, 1.82) is 0 Å². The van der Waals surface area contributed by atoms with E-state index in [1.54, 1.807) is 41.8 Å². The van der Waals surface area contributed by atoms with Gasteiger partial charge in [0.15, 0.2) is 18.5 Å². The topological polar surface area (TPSA) is 102 Å². The van der Waals surface area contributed by atoms with Crippen LogP contribution in [0.15, 0.2) is 57.7 Å². The maximum atomic E-state index is 13.5. The zero-order valence-corrected chi connectivity index (χ0v) is 22.5. The number of quaternary nitrogens is 1. The van der Waals surface area contributed by atoms with E-state index in [9.17, 15) is 14.7 Å². The number of anilines is 1. The number of fused-ring (bicyclic) bond motifs is 3. The van der Waals surface area contributed by atoms with Crippen LogP contribution in [-0.2, 0) is 26.3 Å². The van der Waals surface area contributed by atoms with Crippen molar-refractivity contribution in [2.24, 2.45) is 5.92 Å². The van der Waals surface area contributed by atoms with Gasteiger partial charge in [-0.3, -0.25) is 4.79 Å². The van der Waals surface area contributed by atoms with Gasteiger partial charge in [-0.15, -0.1) is 0 Å². The highest BCUT2D eigenvalue weighted by molar-refractivity contribution is 7.08. The summed E-state index contributed by atoms with van der Waals surface area (Å²) >= 11 is 1.42. The largest absolute Gasteiger partial charge is 1.00 e. The van der Waals surface area contributed by atoms with Gasteiger partial charge < -0.3 is 41.1 Å². The van der Waals surface area contributed by atoms with Gasteiger partial charge in [-0.2, -0.15) is 11.3 Å². The number of piperidine rings is 3. The number of hydrogen-bond donors (Lipinski definition) is 2. The van der Waals surface area contributed by atoms with E-state index < -0.39 is 11.6 Å². The first-order valence-electron chi connectivity index (χ1n) is 12.0. The summed E-state index contributed by atoms with van der Waals surface area (Å²) in [5, 5.41) is 22.0. The highest BCUT2D eigenvalue weighted by Crippen LogP contribution is 2.38. The lowest BCUT2D eigenvalue weighted by atomic mass is 9.82. The summed E-state index contributed by atoms with van der Waals surface area (Å²) in [4.78, 5) is 26.4. The fraction of sp³-hybridized carbons (Fsp3) is 0.423. The standard InChI is InChI=1S/C26H29N3O5S.BrH/c1-2-21-14-23(28-34-21)27-24(30)16-29-11-8-18(9-12-29)22(15-29)33-25(31)26(32,20-10-13-35-17-20)19-6-4-3-5-7-19;/h3-7,10,13-14,17-18,22,32H,2,8-9,11-12,15-16H2,1H3;1H/t18?,22-,26?,29?;/m0./s1. The first-order chi connectivity index (χ1) is 16.9. The van der Waals surface area contributed by atoms with Crippen molar-refractivity contribution >= 4 is 29.0 Å². The lowest BCUT2D eigenvalue weighted by Crippen LogP contribution is -3.00. The smallest absolute Gasteiger partial charge is 0.348 e. The number of carbonyl (C=O) groups is 2. The molecule has 0 saturated carbocycles. The van der Waals surface area contributed by atoms with Gasteiger partial charge in [-0.05, 0) is 22.4 Å². The number of carbonyl (C=O) groups excluding carboxylic acids is 2. The number of rotatable bonds is 8. The zero-order chi connectivity index (χ0) is 24.5. The molecule has 1 aromatic carbocycles. The Morgan fingerprint density at radius 3 is 2.61 bits per heavy atom. The van der Waals surface area contributed by atoms with Gasteiger partial charge in [-0.25, -0.2) is 4.79 Å². The third-order valence-electron chi connectivity index (χ3n) is 7.38. The van der Waals surface area contributed by atoms with Crippen molar-refractivity contribution in [3.63, 3.8) is 0 Å². The average Bonchev–Trinajstić information content (AvgIpc) is 3.57. The van der Waals surface area contributed by atoms with Crippen LogP contribution in [0.1, 0.15) is 36.7 Å². The normalized spacial score (nSPS) is 24.4. The summed E-state index contributed by atoms with van der Waals surface area (Å²) < 4.78 is 11.8. The summed E-state index contributed by atoms with van der Waals surface area (Å²) in [6, 6.07) is 12.4. The molecule has 5 heterocycles. The minimum atomic E-state index is -1.88. The number of amides is 1. The minimum Gasteiger partial charge on any atom is -1.00 e. The summed E-state index contributed by atoms with van der Waals surface area (Å²) in [6.07, 6.45) is 2.10. The number of aromatic nitrogens is 1. The molecule has 0 radical (unpaired) electrons. The van der Waals surface area contributed by atoms with E-state index in [1.165, 1.54) is 11.3 Å². The predicted molar refractivity (Wildman–Crippen MR) is 131 cm³/mol. The molecule has 10 heteroatoms. The molecule has 3 aromatic rings. The predicted octanol–water partition coefficient (Wildman–Crippen LogP) is 0.329. The van der Waals surface area contributed by atoms with E-state index in [0.29, 0.717) is 34.4 Å².